The van der Waals surface area contributed by atoms with E-state index in [9.17, 15) is 5.11 Å². The van der Waals surface area contributed by atoms with Gasteiger partial charge in [-0.25, -0.2) is 0 Å². The first kappa shape index (κ1) is 19.1. The van der Waals surface area contributed by atoms with Crippen LogP contribution in [0.5, 0.6) is 5.75 Å². The predicted molar refractivity (Wildman–Crippen MR) is 98.1 cm³/mol. The summed E-state index contributed by atoms with van der Waals surface area (Å²) in [6.07, 6.45) is 11.7. The van der Waals surface area contributed by atoms with Crippen LogP contribution in [-0.4, -0.2) is 5.11 Å². The highest BCUT2D eigenvalue weighted by Gasteiger charge is 2.19. The molecule has 0 spiro atoms. The molecule has 0 aliphatic carbocycles. The number of rotatable bonds is 10. The van der Waals surface area contributed by atoms with E-state index in [2.05, 4.69) is 34.6 Å². The zero-order chi connectivity index (χ0) is 16.5. The Balaban J connectivity index is 3.41. The van der Waals surface area contributed by atoms with Gasteiger partial charge in [0.15, 0.2) is 0 Å². The lowest BCUT2D eigenvalue weighted by atomic mass is 9.83. The van der Waals surface area contributed by atoms with Crippen molar-refractivity contribution in [2.24, 2.45) is 0 Å². The van der Waals surface area contributed by atoms with E-state index in [1.54, 1.807) is 5.56 Å². The van der Waals surface area contributed by atoms with Gasteiger partial charge in [-0.2, -0.15) is 0 Å². The predicted octanol–water partition coefficient (Wildman–Crippen LogP) is 6.29. The van der Waals surface area contributed by atoms with Gasteiger partial charge in [-0.15, -0.1) is 0 Å². The molecule has 0 saturated heterocycles. The van der Waals surface area contributed by atoms with Crippen molar-refractivity contribution in [2.75, 3.05) is 0 Å². The minimum atomic E-state index is 0.594. The minimum absolute atomic E-state index is 0.594. The van der Waals surface area contributed by atoms with Crippen LogP contribution in [0.15, 0.2) is 0 Å². The molecule has 0 saturated carbocycles. The van der Waals surface area contributed by atoms with Crippen molar-refractivity contribution < 1.29 is 5.11 Å². The fourth-order valence-corrected chi connectivity index (χ4v) is 3.51. The summed E-state index contributed by atoms with van der Waals surface area (Å²) in [7, 11) is 0. The van der Waals surface area contributed by atoms with Crippen LogP contribution in [0.2, 0.25) is 0 Å². The molecule has 1 heteroatoms. The van der Waals surface area contributed by atoms with Crippen LogP contribution in [-0.2, 0) is 25.7 Å². The Morgan fingerprint density at radius 3 is 1.45 bits per heavy atom. The van der Waals surface area contributed by atoms with E-state index in [0.717, 1.165) is 24.8 Å². The van der Waals surface area contributed by atoms with Gasteiger partial charge < -0.3 is 5.11 Å². The highest BCUT2D eigenvalue weighted by Crippen LogP contribution is 2.36. The van der Waals surface area contributed by atoms with Crippen molar-refractivity contribution in [1.29, 1.82) is 0 Å². The van der Waals surface area contributed by atoms with Crippen LogP contribution in [0.3, 0.4) is 0 Å². The van der Waals surface area contributed by atoms with Crippen molar-refractivity contribution in [3.8, 4) is 5.75 Å². The van der Waals surface area contributed by atoms with Crippen LogP contribution in [0.25, 0.3) is 0 Å². The smallest absolute Gasteiger partial charge is 0.122 e. The average molecular weight is 305 g/mol. The number of benzene rings is 1. The van der Waals surface area contributed by atoms with Crippen molar-refractivity contribution >= 4 is 0 Å². The number of phenols is 1. The molecule has 0 bridgehead atoms. The number of phenolic OH excluding ortho intramolecular Hbond substituents is 1. The van der Waals surface area contributed by atoms with Crippen LogP contribution < -0.4 is 0 Å². The third kappa shape index (κ3) is 4.51. The zero-order valence-electron chi connectivity index (χ0n) is 15.5. The molecule has 0 radical (unpaired) electrons. The Labute approximate surface area is 138 Å². The highest BCUT2D eigenvalue weighted by atomic mass is 16.3. The van der Waals surface area contributed by atoms with Crippen LogP contribution >= 0.6 is 0 Å². The summed E-state index contributed by atoms with van der Waals surface area (Å²) in [6.45, 7) is 11.1. The molecule has 1 aromatic rings. The molecular weight excluding hydrogens is 268 g/mol. The molecule has 0 heterocycles. The van der Waals surface area contributed by atoms with E-state index >= 15 is 0 Å². The molecule has 0 aliphatic rings. The number of hydrogen-bond acceptors (Lipinski definition) is 1. The Hall–Kier alpha value is -0.980. The first-order valence-corrected chi connectivity index (χ1v) is 9.47. The maximum Gasteiger partial charge on any atom is 0.122 e. The lowest BCUT2D eigenvalue weighted by Gasteiger charge is -2.23. The second kappa shape index (κ2) is 9.92. The minimum Gasteiger partial charge on any atom is -0.507 e. The van der Waals surface area contributed by atoms with Gasteiger partial charge in [0.05, 0.1) is 0 Å². The van der Waals surface area contributed by atoms with Gasteiger partial charge in [-0.05, 0) is 79.7 Å². The molecule has 0 amide bonds. The second-order valence-electron chi connectivity index (χ2n) is 6.55. The van der Waals surface area contributed by atoms with E-state index in [0.29, 0.717) is 5.75 Å². The van der Waals surface area contributed by atoms with Crippen molar-refractivity contribution in [3.05, 3.63) is 27.8 Å². The molecule has 1 nitrogen and oxygen atoms in total. The number of unbranched alkanes of at least 4 members (excludes halogenated alkanes) is 3. The van der Waals surface area contributed by atoms with E-state index in [4.69, 9.17) is 0 Å². The molecule has 0 atom stereocenters. The molecule has 1 rings (SSSR count). The lowest BCUT2D eigenvalue weighted by molar-refractivity contribution is 0.459. The third-order valence-electron chi connectivity index (χ3n) is 4.88. The fraction of sp³-hybridized carbons (Fsp3) is 0.714. The largest absolute Gasteiger partial charge is 0.507 e. The molecule has 22 heavy (non-hydrogen) atoms. The highest BCUT2D eigenvalue weighted by molar-refractivity contribution is 5.55. The first-order valence-electron chi connectivity index (χ1n) is 9.47. The van der Waals surface area contributed by atoms with Gasteiger partial charge in [-0.1, -0.05) is 47.0 Å². The summed E-state index contributed by atoms with van der Waals surface area (Å²) in [6, 6.07) is 0. The summed E-state index contributed by atoms with van der Waals surface area (Å²) >= 11 is 0. The summed E-state index contributed by atoms with van der Waals surface area (Å²) in [5, 5.41) is 10.8. The Morgan fingerprint density at radius 1 is 0.636 bits per heavy atom. The molecule has 126 valence electrons. The summed E-state index contributed by atoms with van der Waals surface area (Å²) in [5.74, 6) is 0.594. The summed E-state index contributed by atoms with van der Waals surface area (Å²) < 4.78 is 0. The van der Waals surface area contributed by atoms with Crippen LogP contribution in [0.1, 0.15) is 94.0 Å². The van der Waals surface area contributed by atoms with Crippen molar-refractivity contribution in [3.63, 3.8) is 0 Å². The van der Waals surface area contributed by atoms with E-state index in [-0.39, 0.29) is 0 Å². The van der Waals surface area contributed by atoms with Gasteiger partial charge in [0, 0.05) is 0 Å². The lowest BCUT2D eigenvalue weighted by Crippen LogP contribution is -2.08. The summed E-state index contributed by atoms with van der Waals surface area (Å²) in [4.78, 5) is 0. The molecule has 0 aliphatic heterocycles. The van der Waals surface area contributed by atoms with Gasteiger partial charge in [0.1, 0.15) is 5.75 Å². The molecule has 0 aromatic heterocycles. The average Bonchev–Trinajstić information content (AvgIpc) is 2.53. The van der Waals surface area contributed by atoms with Crippen LogP contribution in [0, 0.1) is 6.92 Å². The maximum absolute atomic E-state index is 10.8. The van der Waals surface area contributed by atoms with Crippen LogP contribution in [0.4, 0.5) is 0 Å². The summed E-state index contributed by atoms with van der Waals surface area (Å²) in [5.41, 5.74) is 6.87. The van der Waals surface area contributed by atoms with E-state index in [1.807, 2.05) is 0 Å². The SMILES string of the molecule is CCCCc1c(O)c(C)c(CC)c(CCCC)c1CCCC. The van der Waals surface area contributed by atoms with Gasteiger partial charge >= 0.3 is 0 Å². The number of aromatic hydroxyl groups is 1. The van der Waals surface area contributed by atoms with E-state index in [1.165, 1.54) is 61.6 Å². The molecule has 0 unspecified atom stereocenters. The zero-order valence-corrected chi connectivity index (χ0v) is 15.5. The van der Waals surface area contributed by atoms with Gasteiger partial charge in [-0.3, -0.25) is 0 Å². The Morgan fingerprint density at radius 2 is 1.05 bits per heavy atom. The molecule has 0 fully saturated rings. The van der Waals surface area contributed by atoms with Crippen molar-refractivity contribution in [1.82, 2.24) is 0 Å². The van der Waals surface area contributed by atoms with E-state index < -0.39 is 0 Å². The quantitative estimate of drug-likeness (QED) is 0.538. The normalized spacial score (nSPS) is 11.1. The Bertz CT molecular complexity index is 460. The first-order chi connectivity index (χ1) is 10.6. The maximum atomic E-state index is 10.8. The number of hydrogen-bond donors (Lipinski definition) is 1. The molecular formula is C21H36O. The standard InChI is InChI=1S/C21H36O/c1-6-10-13-18-17(9-4)16(5)21(22)20(15-12-8-3)19(18)14-11-7-2/h22H,6-15H2,1-5H3. The molecule has 1 aromatic carbocycles. The Kier molecular flexibility index (Phi) is 8.60. The molecule has 1 N–H and O–H groups in total. The van der Waals surface area contributed by atoms with Gasteiger partial charge in [0.2, 0.25) is 0 Å². The van der Waals surface area contributed by atoms with Gasteiger partial charge in [0.25, 0.3) is 0 Å². The second-order valence-corrected chi connectivity index (χ2v) is 6.55. The van der Waals surface area contributed by atoms with Crippen molar-refractivity contribution in [2.45, 2.75) is 98.8 Å². The fourth-order valence-electron chi connectivity index (χ4n) is 3.51. The third-order valence-corrected chi connectivity index (χ3v) is 4.88. The monoisotopic (exact) mass is 304 g/mol. The topological polar surface area (TPSA) is 20.2 Å².